The van der Waals surface area contributed by atoms with Crippen molar-refractivity contribution in [3.05, 3.63) is 59.9 Å². The first-order chi connectivity index (χ1) is 13.8. The Morgan fingerprint density at radius 1 is 0.862 bits per heavy atom. The van der Waals surface area contributed by atoms with E-state index in [-0.39, 0.29) is 11.7 Å². The van der Waals surface area contributed by atoms with Crippen LogP contribution in [0.3, 0.4) is 0 Å². The number of carbonyl (C=O) groups is 2. The Morgan fingerprint density at radius 2 is 1.45 bits per heavy atom. The molecule has 0 bridgehead atoms. The molecule has 1 aliphatic rings. The summed E-state index contributed by atoms with van der Waals surface area (Å²) < 4.78 is 11.2. The molecule has 1 heterocycles. The average molecular weight is 395 g/mol. The van der Waals surface area contributed by atoms with Gasteiger partial charge in [0.2, 0.25) is 0 Å². The SMILES string of the molecule is CC(C)COc1ccc(C2=C(O)C(=O)N(c3ccc(OC(C)C)cc3)C2=O)cc1. The number of rotatable bonds is 7. The first-order valence-electron chi connectivity index (χ1n) is 9.60. The molecule has 6 nitrogen and oxygen atoms in total. The predicted molar refractivity (Wildman–Crippen MR) is 111 cm³/mol. The van der Waals surface area contributed by atoms with Gasteiger partial charge in [-0.05, 0) is 61.7 Å². The number of hydrogen-bond acceptors (Lipinski definition) is 5. The normalized spacial score (nSPS) is 14.3. The zero-order valence-corrected chi connectivity index (χ0v) is 17.0. The number of imide groups is 1. The maximum atomic E-state index is 12.9. The third-order valence-corrected chi connectivity index (χ3v) is 4.25. The number of benzene rings is 2. The van der Waals surface area contributed by atoms with Gasteiger partial charge in [0, 0.05) is 0 Å². The third-order valence-electron chi connectivity index (χ3n) is 4.25. The van der Waals surface area contributed by atoms with Crippen LogP contribution in [0.25, 0.3) is 5.57 Å². The Morgan fingerprint density at radius 3 is 2.00 bits per heavy atom. The molecule has 0 aromatic heterocycles. The van der Waals surface area contributed by atoms with Gasteiger partial charge in [0.1, 0.15) is 11.5 Å². The topological polar surface area (TPSA) is 76.1 Å². The average Bonchev–Trinajstić information content (AvgIpc) is 2.90. The van der Waals surface area contributed by atoms with Crippen molar-refractivity contribution in [2.45, 2.75) is 33.8 Å². The van der Waals surface area contributed by atoms with Crippen LogP contribution in [0.5, 0.6) is 11.5 Å². The van der Waals surface area contributed by atoms with Crippen LogP contribution in [0, 0.1) is 5.92 Å². The summed E-state index contributed by atoms with van der Waals surface area (Å²) in [4.78, 5) is 26.4. The van der Waals surface area contributed by atoms with Crippen molar-refractivity contribution in [3.8, 4) is 11.5 Å². The number of amides is 2. The van der Waals surface area contributed by atoms with E-state index in [1.807, 2.05) is 13.8 Å². The largest absolute Gasteiger partial charge is 0.502 e. The second kappa shape index (κ2) is 8.39. The minimum absolute atomic E-state index is 0.0145. The maximum absolute atomic E-state index is 12.9. The fraction of sp³-hybridized carbons (Fsp3) is 0.304. The summed E-state index contributed by atoms with van der Waals surface area (Å²) in [7, 11) is 0. The van der Waals surface area contributed by atoms with Gasteiger partial charge in [-0.2, -0.15) is 0 Å². The molecule has 152 valence electrons. The van der Waals surface area contributed by atoms with Gasteiger partial charge in [-0.1, -0.05) is 26.0 Å². The number of aliphatic hydroxyl groups excluding tert-OH is 1. The molecule has 0 fully saturated rings. The van der Waals surface area contributed by atoms with E-state index in [1.165, 1.54) is 0 Å². The molecule has 29 heavy (non-hydrogen) atoms. The quantitative estimate of drug-likeness (QED) is 0.706. The standard InChI is InChI=1S/C23H25NO5/c1-14(2)13-28-18-9-5-16(6-10-18)20-21(25)23(27)24(22(20)26)17-7-11-19(12-8-17)29-15(3)4/h5-12,14-15,25H,13H2,1-4H3. The first-order valence-corrected chi connectivity index (χ1v) is 9.60. The van der Waals surface area contributed by atoms with Gasteiger partial charge in [0.05, 0.1) is 24.0 Å². The second-order valence-electron chi connectivity index (χ2n) is 7.56. The highest BCUT2D eigenvalue weighted by molar-refractivity contribution is 6.44. The van der Waals surface area contributed by atoms with Crippen molar-refractivity contribution in [1.29, 1.82) is 0 Å². The van der Waals surface area contributed by atoms with Crippen LogP contribution in [-0.2, 0) is 9.59 Å². The predicted octanol–water partition coefficient (Wildman–Crippen LogP) is 4.35. The highest BCUT2D eigenvalue weighted by atomic mass is 16.5. The van der Waals surface area contributed by atoms with E-state index in [9.17, 15) is 14.7 Å². The Labute approximate surface area is 170 Å². The lowest BCUT2D eigenvalue weighted by molar-refractivity contribution is -0.121. The Balaban J connectivity index is 1.81. The molecule has 2 amide bonds. The molecule has 0 radical (unpaired) electrons. The van der Waals surface area contributed by atoms with Crippen LogP contribution in [-0.4, -0.2) is 29.6 Å². The van der Waals surface area contributed by atoms with E-state index >= 15 is 0 Å². The molecule has 0 aliphatic carbocycles. The van der Waals surface area contributed by atoms with Crippen molar-refractivity contribution in [3.63, 3.8) is 0 Å². The fourth-order valence-corrected chi connectivity index (χ4v) is 2.94. The first kappa shape index (κ1) is 20.5. The summed E-state index contributed by atoms with van der Waals surface area (Å²) in [5, 5.41) is 10.3. The van der Waals surface area contributed by atoms with Gasteiger partial charge in [0.15, 0.2) is 5.76 Å². The number of hydrogen-bond donors (Lipinski definition) is 1. The van der Waals surface area contributed by atoms with Crippen LogP contribution in [0.15, 0.2) is 54.3 Å². The molecule has 6 heteroatoms. The van der Waals surface area contributed by atoms with E-state index in [2.05, 4.69) is 13.8 Å². The van der Waals surface area contributed by atoms with Crippen molar-refractivity contribution in [2.75, 3.05) is 11.5 Å². The highest BCUT2D eigenvalue weighted by Gasteiger charge is 2.40. The Hall–Kier alpha value is -3.28. The zero-order valence-electron chi connectivity index (χ0n) is 17.0. The number of anilines is 1. The summed E-state index contributed by atoms with van der Waals surface area (Å²) in [6.07, 6.45) is 0.0145. The van der Waals surface area contributed by atoms with Gasteiger partial charge in [0.25, 0.3) is 5.91 Å². The second-order valence-corrected chi connectivity index (χ2v) is 7.56. The van der Waals surface area contributed by atoms with Crippen molar-refractivity contribution >= 4 is 23.1 Å². The third kappa shape index (κ3) is 4.42. The van der Waals surface area contributed by atoms with Crippen molar-refractivity contribution in [1.82, 2.24) is 0 Å². The molecule has 0 saturated carbocycles. The minimum atomic E-state index is -0.748. The summed E-state index contributed by atoms with van der Waals surface area (Å²) in [6.45, 7) is 8.50. The van der Waals surface area contributed by atoms with Crippen LogP contribution in [0.2, 0.25) is 0 Å². The lowest BCUT2D eigenvalue weighted by Gasteiger charge is -2.16. The van der Waals surface area contributed by atoms with E-state index in [1.54, 1.807) is 48.5 Å². The van der Waals surface area contributed by atoms with E-state index in [0.29, 0.717) is 35.3 Å². The molecule has 1 aliphatic heterocycles. The van der Waals surface area contributed by atoms with Gasteiger partial charge in [-0.25, -0.2) is 4.90 Å². The lowest BCUT2D eigenvalue weighted by Crippen LogP contribution is -2.31. The van der Waals surface area contributed by atoms with Gasteiger partial charge >= 0.3 is 5.91 Å². The van der Waals surface area contributed by atoms with E-state index in [0.717, 1.165) is 4.90 Å². The molecule has 1 N–H and O–H groups in total. The van der Waals surface area contributed by atoms with Gasteiger partial charge < -0.3 is 14.6 Å². The molecule has 0 unspecified atom stereocenters. The summed E-state index contributed by atoms with van der Waals surface area (Å²) >= 11 is 0. The van der Waals surface area contributed by atoms with Crippen LogP contribution >= 0.6 is 0 Å². The molecular formula is C23H25NO5. The van der Waals surface area contributed by atoms with Crippen molar-refractivity contribution < 1.29 is 24.2 Å². The highest BCUT2D eigenvalue weighted by Crippen LogP contribution is 2.33. The van der Waals surface area contributed by atoms with Gasteiger partial charge in [-0.3, -0.25) is 9.59 Å². The molecule has 0 spiro atoms. The minimum Gasteiger partial charge on any atom is -0.502 e. The Bertz CT molecular complexity index is 927. The van der Waals surface area contributed by atoms with Crippen LogP contribution in [0.1, 0.15) is 33.3 Å². The van der Waals surface area contributed by atoms with Crippen LogP contribution in [0.4, 0.5) is 5.69 Å². The zero-order chi connectivity index (χ0) is 21.1. The van der Waals surface area contributed by atoms with E-state index < -0.39 is 17.6 Å². The summed E-state index contributed by atoms with van der Waals surface area (Å²) in [6, 6.07) is 13.4. The molecule has 0 saturated heterocycles. The monoisotopic (exact) mass is 395 g/mol. The lowest BCUT2D eigenvalue weighted by atomic mass is 10.1. The number of ether oxygens (including phenoxy) is 2. The molecule has 2 aromatic carbocycles. The van der Waals surface area contributed by atoms with E-state index in [4.69, 9.17) is 9.47 Å². The molecule has 2 aromatic rings. The fourth-order valence-electron chi connectivity index (χ4n) is 2.94. The number of aliphatic hydroxyl groups is 1. The molecular weight excluding hydrogens is 370 g/mol. The van der Waals surface area contributed by atoms with Crippen molar-refractivity contribution in [2.24, 2.45) is 5.92 Å². The summed E-state index contributed by atoms with van der Waals surface area (Å²) in [5.41, 5.74) is 0.808. The number of carbonyl (C=O) groups excluding carboxylic acids is 2. The van der Waals surface area contributed by atoms with Crippen LogP contribution < -0.4 is 14.4 Å². The molecule has 0 atom stereocenters. The number of nitrogens with zero attached hydrogens (tertiary/aromatic N) is 1. The summed E-state index contributed by atoms with van der Waals surface area (Å²) in [5.74, 6) is -0.188. The Kier molecular flexibility index (Phi) is 5.92. The van der Waals surface area contributed by atoms with Gasteiger partial charge in [-0.15, -0.1) is 0 Å². The maximum Gasteiger partial charge on any atom is 0.301 e. The molecule has 3 rings (SSSR count). The smallest absolute Gasteiger partial charge is 0.301 e.